The number of fused-ring (bicyclic) bond motifs is 2. The minimum absolute atomic E-state index is 0.0393. The Hall–Kier alpha value is -1.10. The van der Waals surface area contributed by atoms with E-state index in [0.717, 1.165) is 24.8 Å². The van der Waals surface area contributed by atoms with Crippen LogP contribution in [0.5, 0.6) is 5.75 Å². The van der Waals surface area contributed by atoms with Gasteiger partial charge in [-0.1, -0.05) is 18.2 Å². The van der Waals surface area contributed by atoms with Gasteiger partial charge in [-0.15, -0.1) is 0 Å². The second kappa shape index (κ2) is 4.72. The molecule has 20 heavy (non-hydrogen) atoms. The Morgan fingerprint density at radius 2 is 2.20 bits per heavy atom. The molecular formula is C16H23NO3. The molecule has 0 radical (unpaired) electrons. The lowest BCUT2D eigenvalue weighted by atomic mass is 9.61. The second-order valence-corrected chi connectivity index (χ2v) is 6.16. The molecule has 4 atom stereocenters. The van der Waals surface area contributed by atoms with E-state index in [-0.39, 0.29) is 12.2 Å². The van der Waals surface area contributed by atoms with E-state index in [1.54, 1.807) is 7.11 Å². The Labute approximate surface area is 119 Å². The van der Waals surface area contributed by atoms with Crippen LogP contribution in [0.1, 0.15) is 31.7 Å². The highest BCUT2D eigenvalue weighted by Gasteiger charge is 2.61. The highest BCUT2D eigenvalue weighted by Crippen LogP contribution is 2.57. The van der Waals surface area contributed by atoms with Gasteiger partial charge in [-0.2, -0.15) is 0 Å². The van der Waals surface area contributed by atoms with Gasteiger partial charge >= 0.3 is 0 Å². The van der Waals surface area contributed by atoms with Gasteiger partial charge in [0.05, 0.1) is 24.9 Å². The summed E-state index contributed by atoms with van der Waals surface area (Å²) < 4.78 is 11.4. The Kier molecular flexibility index (Phi) is 3.27. The van der Waals surface area contributed by atoms with Gasteiger partial charge in [0.25, 0.3) is 0 Å². The van der Waals surface area contributed by atoms with Crippen molar-refractivity contribution >= 4 is 0 Å². The first-order valence-corrected chi connectivity index (χ1v) is 7.26. The van der Waals surface area contributed by atoms with Gasteiger partial charge in [-0.05, 0) is 32.3 Å². The smallest absolute Gasteiger partial charge is 0.124 e. The summed E-state index contributed by atoms with van der Waals surface area (Å²) in [6, 6.07) is 7.62. The van der Waals surface area contributed by atoms with Crippen molar-refractivity contribution in [1.82, 2.24) is 0 Å². The number of hydrogen-bond donors (Lipinski definition) is 2. The van der Waals surface area contributed by atoms with E-state index in [1.807, 2.05) is 31.2 Å². The molecule has 3 N–H and O–H groups in total. The van der Waals surface area contributed by atoms with Crippen LogP contribution in [0.25, 0.3) is 0 Å². The molecule has 2 heterocycles. The van der Waals surface area contributed by atoms with Crippen molar-refractivity contribution in [2.45, 2.75) is 44.0 Å². The third kappa shape index (κ3) is 1.72. The third-order valence-electron chi connectivity index (χ3n) is 5.28. The van der Waals surface area contributed by atoms with E-state index in [1.165, 1.54) is 0 Å². The van der Waals surface area contributed by atoms with Crippen LogP contribution >= 0.6 is 0 Å². The van der Waals surface area contributed by atoms with Gasteiger partial charge in [0.2, 0.25) is 0 Å². The van der Waals surface area contributed by atoms with Crippen LogP contribution < -0.4 is 10.5 Å². The minimum Gasteiger partial charge on any atom is -0.496 e. The summed E-state index contributed by atoms with van der Waals surface area (Å²) in [5, 5.41) is 11.3. The normalized spacial score (nSPS) is 35.0. The van der Waals surface area contributed by atoms with Crippen molar-refractivity contribution in [1.29, 1.82) is 0 Å². The minimum atomic E-state index is -1.06. The SMILES string of the molecule is COc1ccccc1C(C)(O)C1(CN)CC2CCC1O2. The highest BCUT2D eigenvalue weighted by atomic mass is 16.5. The van der Waals surface area contributed by atoms with E-state index >= 15 is 0 Å². The maximum atomic E-state index is 11.3. The molecule has 0 saturated carbocycles. The Morgan fingerprint density at radius 3 is 2.75 bits per heavy atom. The molecule has 2 saturated heterocycles. The fourth-order valence-corrected chi connectivity index (χ4v) is 4.04. The van der Waals surface area contributed by atoms with Crippen LogP contribution in [0.3, 0.4) is 0 Å². The summed E-state index contributed by atoms with van der Waals surface area (Å²) in [5.41, 5.74) is 5.40. The number of rotatable bonds is 4. The van der Waals surface area contributed by atoms with Crippen LogP contribution in [-0.2, 0) is 10.3 Å². The molecule has 4 nitrogen and oxygen atoms in total. The lowest BCUT2D eigenvalue weighted by Gasteiger charge is -2.46. The standard InChI is InChI=1S/C16H23NO3/c1-15(18,12-5-3-4-6-13(12)19-2)16(10-17)9-11-7-8-14(16)20-11/h3-6,11,14,18H,7-10,17H2,1-2H3. The van der Waals surface area contributed by atoms with E-state index in [2.05, 4.69) is 0 Å². The molecular weight excluding hydrogens is 254 g/mol. The number of hydrogen-bond acceptors (Lipinski definition) is 4. The van der Waals surface area contributed by atoms with Gasteiger partial charge in [-0.3, -0.25) is 0 Å². The van der Waals surface area contributed by atoms with Crippen molar-refractivity contribution in [3.8, 4) is 5.75 Å². The van der Waals surface area contributed by atoms with Crippen molar-refractivity contribution in [3.05, 3.63) is 29.8 Å². The second-order valence-electron chi connectivity index (χ2n) is 6.16. The summed E-state index contributed by atoms with van der Waals surface area (Å²) in [4.78, 5) is 0. The summed E-state index contributed by atoms with van der Waals surface area (Å²) >= 11 is 0. The predicted octanol–water partition coefficient (Wildman–Crippen LogP) is 1.80. The molecule has 1 aromatic carbocycles. The Balaban J connectivity index is 2.06. The monoisotopic (exact) mass is 277 g/mol. The first-order valence-electron chi connectivity index (χ1n) is 7.26. The molecule has 110 valence electrons. The van der Waals surface area contributed by atoms with Crippen molar-refractivity contribution < 1.29 is 14.6 Å². The molecule has 3 rings (SSSR count). The number of benzene rings is 1. The molecule has 0 aromatic heterocycles. The lowest BCUT2D eigenvalue weighted by molar-refractivity contribution is -0.106. The Bertz CT molecular complexity index is 502. The maximum Gasteiger partial charge on any atom is 0.124 e. The Morgan fingerprint density at radius 1 is 1.45 bits per heavy atom. The van der Waals surface area contributed by atoms with E-state index < -0.39 is 11.0 Å². The van der Waals surface area contributed by atoms with Gasteiger partial charge in [-0.25, -0.2) is 0 Å². The molecule has 0 amide bonds. The molecule has 2 bridgehead atoms. The van der Waals surface area contributed by atoms with Gasteiger partial charge in [0.1, 0.15) is 5.75 Å². The maximum absolute atomic E-state index is 11.3. The van der Waals surface area contributed by atoms with E-state index in [0.29, 0.717) is 12.3 Å². The fraction of sp³-hybridized carbons (Fsp3) is 0.625. The van der Waals surface area contributed by atoms with Crippen molar-refractivity contribution in [2.75, 3.05) is 13.7 Å². The first-order chi connectivity index (χ1) is 9.55. The number of methoxy groups -OCH3 is 1. The van der Waals surface area contributed by atoms with Crippen LogP contribution in [0.15, 0.2) is 24.3 Å². The largest absolute Gasteiger partial charge is 0.496 e. The number of aliphatic hydroxyl groups is 1. The fourth-order valence-electron chi connectivity index (χ4n) is 4.04. The number of ether oxygens (including phenoxy) is 2. The third-order valence-corrected chi connectivity index (χ3v) is 5.28. The number of nitrogens with two attached hydrogens (primary N) is 1. The molecule has 0 aliphatic carbocycles. The summed E-state index contributed by atoms with van der Waals surface area (Å²) in [6.45, 7) is 2.26. The van der Waals surface area contributed by atoms with Crippen LogP contribution in [0.4, 0.5) is 0 Å². The molecule has 0 spiro atoms. The zero-order valence-corrected chi connectivity index (χ0v) is 12.1. The summed E-state index contributed by atoms with van der Waals surface area (Å²) in [7, 11) is 1.63. The zero-order valence-electron chi connectivity index (χ0n) is 12.1. The quantitative estimate of drug-likeness (QED) is 0.881. The topological polar surface area (TPSA) is 64.7 Å². The van der Waals surface area contributed by atoms with Gasteiger partial charge in [0.15, 0.2) is 0 Å². The predicted molar refractivity (Wildman–Crippen MR) is 76.6 cm³/mol. The molecule has 2 aliphatic rings. The van der Waals surface area contributed by atoms with E-state index in [4.69, 9.17) is 15.2 Å². The van der Waals surface area contributed by atoms with Crippen molar-refractivity contribution in [2.24, 2.45) is 11.1 Å². The van der Waals surface area contributed by atoms with Crippen LogP contribution in [0.2, 0.25) is 0 Å². The van der Waals surface area contributed by atoms with Crippen molar-refractivity contribution in [3.63, 3.8) is 0 Å². The lowest BCUT2D eigenvalue weighted by Crippen LogP contribution is -2.54. The van der Waals surface area contributed by atoms with Gasteiger partial charge in [0, 0.05) is 17.5 Å². The number of para-hydroxylation sites is 1. The summed E-state index contributed by atoms with van der Waals surface area (Å²) in [5.74, 6) is 0.702. The molecule has 4 heteroatoms. The van der Waals surface area contributed by atoms with Crippen LogP contribution in [-0.4, -0.2) is 31.0 Å². The summed E-state index contributed by atoms with van der Waals surface area (Å²) in [6.07, 6.45) is 3.16. The average Bonchev–Trinajstić information content (AvgIpc) is 3.08. The zero-order chi connectivity index (χ0) is 14.4. The molecule has 4 unspecified atom stereocenters. The average molecular weight is 277 g/mol. The molecule has 2 aliphatic heterocycles. The highest BCUT2D eigenvalue weighted by molar-refractivity contribution is 5.40. The van der Waals surface area contributed by atoms with Gasteiger partial charge < -0.3 is 20.3 Å². The van der Waals surface area contributed by atoms with Crippen LogP contribution in [0, 0.1) is 5.41 Å². The first kappa shape index (κ1) is 13.9. The molecule has 2 fully saturated rings. The molecule has 1 aromatic rings. The van der Waals surface area contributed by atoms with E-state index in [9.17, 15) is 5.11 Å².